The fraction of sp³-hybridized carbons (Fsp3) is 0.222. The van der Waals surface area contributed by atoms with Crippen molar-refractivity contribution < 1.29 is 4.79 Å². The van der Waals surface area contributed by atoms with Gasteiger partial charge < -0.3 is 20.9 Å². The van der Waals surface area contributed by atoms with Gasteiger partial charge in [0.2, 0.25) is 5.91 Å². The number of hydrogen-bond donors (Lipinski definition) is 3. The summed E-state index contributed by atoms with van der Waals surface area (Å²) in [6, 6.07) is 9.13. The van der Waals surface area contributed by atoms with Crippen molar-refractivity contribution in [2.45, 2.75) is 17.5 Å². The molecule has 2 aliphatic heterocycles. The molecule has 3 heterocycles. The molecule has 1 spiro atoms. The highest BCUT2D eigenvalue weighted by atomic mass is 32.2. The van der Waals surface area contributed by atoms with Gasteiger partial charge in [0.1, 0.15) is 23.1 Å². The third kappa shape index (κ3) is 2.07. The number of carbonyl (C=O) groups is 1. The van der Waals surface area contributed by atoms with E-state index in [9.17, 15) is 14.9 Å². The number of aromatic nitrogens is 2. The van der Waals surface area contributed by atoms with E-state index in [-0.39, 0.29) is 22.8 Å². The lowest BCUT2D eigenvalue weighted by Crippen LogP contribution is -2.49. The first kappa shape index (κ1) is 17.2. The van der Waals surface area contributed by atoms with Crippen LogP contribution in [-0.2, 0) is 10.2 Å². The number of benzene rings is 1. The molecule has 0 saturated heterocycles. The number of hydrogen-bond acceptors (Lipinski definition) is 7. The number of nitrogens with two attached hydrogens (primary N) is 1. The van der Waals surface area contributed by atoms with E-state index in [4.69, 9.17) is 5.73 Å². The summed E-state index contributed by atoms with van der Waals surface area (Å²) >= 11 is 1.36. The maximum atomic E-state index is 13.5. The highest BCUT2D eigenvalue weighted by Gasteiger charge is 2.59. The predicted molar refractivity (Wildman–Crippen MR) is 102 cm³/mol. The van der Waals surface area contributed by atoms with Crippen LogP contribution in [-0.4, -0.2) is 28.7 Å². The van der Waals surface area contributed by atoms with Crippen molar-refractivity contribution in [3.8, 4) is 6.07 Å². The summed E-state index contributed by atoms with van der Waals surface area (Å²) in [4.78, 5) is 35.1. The Bertz CT molecular complexity index is 1120. The standard InChI is InChI=1S/C18H16N6O2S/c1-3-27-17-22-14-12(15(25)23-17)18(10(8-19)13(20)21-14)9-6-4-5-7-11(9)24(2)16(18)26/h4-7H,3,20H2,1-2H3,(H2,21,22,23,25). The second-order valence-corrected chi connectivity index (χ2v) is 7.44. The molecular weight excluding hydrogens is 364 g/mol. The van der Waals surface area contributed by atoms with Gasteiger partial charge in [-0.2, -0.15) is 5.26 Å². The molecule has 1 aromatic carbocycles. The van der Waals surface area contributed by atoms with Crippen LogP contribution in [0.4, 0.5) is 11.5 Å². The number of H-pyrrole nitrogens is 1. The minimum absolute atomic E-state index is 0.00000501. The van der Waals surface area contributed by atoms with E-state index in [1.165, 1.54) is 16.7 Å². The molecule has 0 saturated carbocycles. The number of thioether (sulfide) groups is 1. The fourth-order valence-electron chi connectivity index (χ4n) is 3.80. The van der Waals surface area contributed by atoms with Crippen molar-refractivity contribution in [2.75, 3.05) is 23.0 Å². The highest BCUT2D eigenvalue weighted by molar-refractivity contribution is 7.99. The van der Waals surface area contributed by atoms with E-state index in [0.717, 1.165) is 0 Å². The lowest BCUT2D eigenvalue weighted by Gasteiger charge is -2.33. The second-order valence-electron chi connectivity index (χ2n) is 6.18. The van der Waals surface area contributed by atoms with Gasteiger partial charge in [0.05, 0.1) is 11.1 Å². The number of anilines is 2. The summed E-state index contributed by atoms with van der Waals surface area (Å²) in [5, 5.41) is 13.1. The van der Waals surface area contributed by atoms with E-state index in [0.29, 0.717) is 22.2 Å². The number of nitrogens with zero attached hydrogens (tertiary/aromatic N) is 3. The Labute approximate surface area is 159 Å². The molecule has 2 aromatic rings. The minimum Gasteiger partial charge on any atom is -0.384 e. The molecule has 4 N–H and O–H groups in total. The Hall–Kier alpha value is -3.25. The molecule has 0 aliphatic carbocycles. The van der Waals surface area contributed by atoms with E-state index in [2.05, 4.69) is 15.3 Å². The molecule has 1 unspecified atom stereocenters. The second kappa shape index (κ2) is 5.89. The third-order valence-electron chi connectivity index (χ3n) is 4.86. The largest absolute Gasteiger partial charge is 0.384 e. The van der Waals surface area contributed by atoms with Crippen LogP contribution in [0, 0.1) is 11.3 Å². The lowest BCUT2D eigenvalue weighted by molar-refractivity contribution is -0.120. The van der Waals surface area contributed by atoms with Gasteiger partial charge in [0.25, 0.3) is 5.56 Å². The van der Waals surface area contributed by atoms with Crippen LogP contribution in [0.3, 0.4) is 0 Å². The molecule has 1 atom stereocenters. The van der Waals surface area contributed by atoms with Crippen LogP contribution < -0.4 is 21.5 Å². The van der Waals surface area contributed by atoms with Gasteiger partial charge in [-0.3, -0.25) is 9.59 Å². The Morgan fingerprint density at radius 1 is 1.37 bits per heavy atom. The summed E-state index contributed by atoms with van der Waals surface area (Å²) in [5.41, 5.74) is 5.30. The molecule has 0 fully saturated rings. The van der Waals surface area contributed by atoms with Gasteiger partial charge in [-0.05, 0) is 11.8 Å². The van der Waals surface area contributed by atoms with Gasteiger partial charge in [-0.25, -0.2) is 4.98 Å². The van der Waals surface area contributed by atoms with E-state index >= 15 is 0 Å². The summed E-state index contributed by atoms with van der Waals surface area (Å²) in [6.45, 7) is 1.94. The van der Waals surface area contributed by atoms with Crippen LogP contribution in [0.2, 0.25) is 0 Å². The number of nitrogens with one attached hydrogen (secondary N) is 2. The first-order chi connectivity index (χ1) is 13.0. The lowest BCUT2D eigenvalue weighted by atomic mass is 9.69. The Morgan fingerprint density at radius 3 is 2.81 bits per heavy atom. The molecule has 8 nitrogen and oxygen atoms in total. The van der Waals surface area contributed by atoms with E-state index in [1.807, 2.05) is 13.0 Å². The monoisotopic (exact) mass is 380 g/mol. The number of carbonyl (C=O) groups excluding carboxylic acids is 1. The van der Waals surface area contributed by atoms with Crippen LogP contribution in [0.15, 0.2) is 45.6 Å². The molecule has 1 amide bonds. The maximum Gasteiger partial charge on any atom is 0.258 e. The molecule has 4 rings (SSSR count). The summed E-state index contributed by atoms with van der Waals surface area (Å²) in [6.07, 6.45) is 0. The van der Waals surface area contributed by atoms with Crippen molar-refractivity contribution in [1.29, 1.82) is 5.26 Å². The van der Waals surface area contributed by atoms with Crippen LogP contribution in [0.25, 0.3) is 0 Å². The molecule has 0 radical (unpaired) electrons. The minimum atomic E-state index is -1.61. The van der Waals surface area contributed by atoms with Gasteiger partial charge in [-0.1, -0.05) is 36.9 Å². The number of aromatic amines is 1. The zero-order valence-electron chi connectivity index (χ0n) is 14.7. The van der Waals surface area contributed by atoms with Crippen molar-refractivity contribution in [3.05, 3.63) is 57.1 Å². The van der Waals surface area contributed by atoms with Crippen molar-refractivity contribution >= 4 is 29.2 Å². The van der Waals surface area contributed by atoms with Crippen LogP contribution >= 0.6 is 11.8 Å². The quantitative estimate of drug-likeness (QED) is 0.528. The SMILES string of the molecule is CCSc1nc2c(c(=O)[nH]1)C1(C(=O)N(C)c3ccccc31)C(C#N)=C(N)N2. The molecule has 2 aliphatic rings. The number of amides is 1. The van der Waals surface area contributed by atoms with Gasteiger partial charge >= 0.3 is 0 Å². The topological polar surface area (TPSA) is 128 Å². The Morgan fingerprint density at radius 2 is 2.11 bits per heavy atom. The van der Waals surface area contributed by atoms with Gasteiger partial charge in [0.15, 0.2) is 5.16 Å². The fourth-order valence-corrected chi connectivity index (χ4v) is 4.39. The summed E-state index contributed by atoms with van der Waals surface area (Å²) in [7, 11) is 1.62. The summed E-state index contributed by atoms with van der Waals surface area (Å²) in [5.74, 6) is 0.527. The first-order valence-corrected chi connectivity index (χ1v) is 9.28. The number of likely N-dealkylation sites (N-methyl/N-ethyl adjacent to an activating group) is 1. The molecule has 136 valence electrons. The zero-order valence-corrected chi connectivity index (χ0v) is 15.5. The van der Waals surface area contributed by atoms with Gasteiger partial charge in [-0.15, -0.1) is 0 Å². The van der Waals surface area contributed by atoms with E-state index < -0.39 is 16.9 Å². The molecular formula is C18H16N6O2S. The first-order valence-electron chi connectivity index (χ1n) is 8.29. The smallest absolute Gasteiger partial charge is 0.258 e. The van der Waals surface area contributed by atoms with E-state index in [1.54, 1.807) is 31.3 Å². The highest BCUT2D eigenvalue weighted by Crippen LogP contribution is 2.52. The molecule has 9 heteroatoms. The molecule has 27 heavy (non-hydrogen) atoms. The molecule has 0 bridgehead atoms. The number of para-hydroxylation sites is 1. The number of fused-ring (bicyclic) bond motifs is 4. The maximum absolute atomic E-state index is 13.5. The number of rotatable bonds is 2. The van der Waals surface area contributed by atoms with Crippen LogP contribution in [0.1, 0.15) is 18.1 Å². The van der Waals surface area contributed by atoms with Crippen molar-refractivity contribution in [2.24, 2.45) is 5.73 Å². The Balaban J connectivity index is 2.15. The zero-order chi connectivity index (χ0) is 19.3. The van der Waals surface area contributed by atoms with Crippen molar-refractivity contribution in [1.82, 2.24) is 9.97 Å². The Kier molecular flexibility index (Phi) is 3.75. The van der Waals surface area contributed by atoms with Gasteiger partial charge in [0, 0.05) is 18.3 Å². The average molecular weight is 380 g/mol. The average Bonchev–Trinajstić information content (AvgIpc) is 2.85. The normalized spacial score (nSPS) is 20.3. The molecule has 1 aromatic heterocycles. The third-order valence-corrected chi connectivity index (χ3v) is 5.61. The summed E-state index contributed by atoms with van der Waals surface area (Å²) < 4.78 is 0. The van der Waals surface area contributed by atoms with Crippen LogP contribution in [0.5, 0.6) is 0 Å². The number of nitriles is 1. The predicted octanol–water partition coefficient (Wildman–Crippen LogP) is 1.26. The van der Waals surface area contributed by atoms with Crippen molar-refractivity contribution in [3.63, 3.8) is 0 Å².